The topological polar surface area (TPSA) is 101 Å². The van der Waals surface area contributed by atoms with Crippen LogP contribution in [0, 0.1) is 17.5 Å². The van der Waals surface area contributed by atoms with Crippen molar-refractivity contribution in [2.24, 2.45) is 0 Å². The molecule has 0 radical (unpaired) electrons. The van der Waals surface area contributed by atoms with Gasteiger partial charge in [0.2, 0.25) is 0 Å². The van der Waals surface area contributed by atoms with Crippen LogP contribution in [0.5, 0.6) is 0 Å². The zero-order chi connectivity index (χ0) is 26.6. The van der Waals surface area contributed by atoms with Crippen molar-refractivity contribution in [3.05, 3.63) is 65.6 Å². The largest absolute Gasteiger partial charge is 0.416 e. The van der Waals surface area contributed by atoms with E-state index in [1.807, 2.05) is 0 Å². The van der Waals surface area contributed by atoms with Gasteiger partial charge in [-0.3, -0.25) is 0 Å². The lowest BCUT2D eigenvalue weighted by atomic mass is 10.1. The molecule has 4 atom stereocenters. The number of aliphatic hydroxyl groups is 3. The lowest BCUT2D eigenvalue weighted by Crippen LogP contribution is -2.39. The standard InChI is InChI=1S/C22H21F6N3O4S/c1-11(33)19(10-32)35-21(36-14-4-2-3-13(7-14)22(26,27)28)18(34)9-31-8-17(29-30-31)12-5-15(23)20(25)16(24)6-12/h2-8,11,18-19,21,32-34H,9-10H2,1H3/t11-,18+,19?,21?/m1/s1. The molecular weight excluding hydrogens is 516 g/mol. The number of ether oxygens (including phenoxy) is 1. The number of aliphatic hydroxyl groups excluding tert-OH is 3. The second-order valence-corrected chi connectivity index (χ2v) is 8.93. The predicted octanol–water partition coefficient (Wildman–Crippen LogP) is 3.62. The maximum atomic E-state index is 13.5. The summed E-state index contributed by atoms with van der Waals surface area (Å²) >= 11 is 0.719. The Hall–Kier alpha value is -2.65. The first-order valence-corrected chi connectivity index (χ1v) is 11.3. The van der Waals surface area contributed by atoms with Gasteiger partial charge in [-0.15, -0.1) is 5.10 Å². The van der Waals surface area contributed by atoms with Gasteiger partial charge in [0.15, 0.2) is 17.5 Å². The summed E-state index contributed by atoms with van der Waals surface area (Å²) in [6.45, 7) is 0.344. The Morgan fingerprint density at radius 1 is 1.08 bits per heavy atom. The zero-order valence-corrected chi connectivity index (χ0v) is 19.3. The molecule has 0 aliphatic carbocycles. The molecule has 0 spiro atoms. The van der Waals surface area contributed by atoms with Gasteiger partial charge in [-0.05, 0) is 37.3 Å². The highest BCUT2D eigenvalue weighted by Crippen LogP contribution is 2.34. The molecule has 0 amide bonds. The molecule has 1 heterocycles. The van der Waals surface area contributed by atoms with Crippen molar-refractivity contribution in [2.75, 3.05) is 6.61 Å². The fourth-order valence-corrected chi connectivity index (χ4v) is 4.12. The summed E-state index contributed by atoms with van der Waals surface area (Å²) in [5, 5.41) is 37.6. The zero-order valence-electron chi connectivity index (χ0n) is 18.5. The lowest BCUT2D eigenvalue weighted by Gasteiger charge is -2.28. The monoisotopic (exact) mass is 537 g/mol. The molecule has 1 aromatic heterocycles. The third kappa shape index (κ3) is 6.97. The summed E-state index contributed by atoms with van der Waals surface area (Å²) in [5.41, 5.74) is -2.36. The predicted molar refractivity (Wildman–Crippen MR) is 116 cm³/mol. The van der Waals surface area contributed by atoms with Crippen LogP contribution in [0.2, 0.25) is 0 Å². The molecule has 196 valence electrons. The molecule has 14 heteroatoms. The maximum Gasteiger partial charge on any atom is 0.416 e. The second kappa shape index (κ2) is 11.6. The summed E-state index contributed by atoms with van der Waals surface area (Å²) in [6.07, 6.45) is -7.20. The SMILES string of the molecule is C[C@@H](O)C(CO)OC(Sc1cccc(C(F)(F)F)c1)[C@@H](O)Cn1cc(-c2cc(F)c(F)c(F)c2)nn1. The Kier molecular flexibility index (Phi) is 9.00. The van der Waals surface area contributed by atoms with Crippen molar-refractivity contribution in [3.8, 4) is 11.3 Å². The smallest absolute Gasteiger partial charge is 0.394 e. The first kappa shape index (κ1) is 27.9. The van der Waals surface area contributed by atoms with E-state index in [1.165, 1.54) is 25.3 Å². The Labute approximate surface area is 205 Å². The van der Waals surface area contributed by atoms with Gasteiger partial charge in [0.25, 0.3) is 0 Å². The van der Waals surface area contributed by atoms with Crippen molar-refractivity contribution in [1.29, 1.82) is 0 Å². The van der Waals surface area contributed by atoms with Gasteiger partial charge in [-0.25, -0.2) is 17.9 Å². The van der Waals surface area contributed by atoms with Gasteiger partial charge in [0.1, 0.15) is 23.3 Å². The van der Waals surface area contributed by atoms with Crippen LogP contribution >= 0.6 is 11.8 Å². The van der Waals surface area contributed by atoms with E-state index < -0.39 is 59.5 Å². The van der Waals surface area contributed by atoms with Crippen LogP contribution in [0.1, 0.15) is 12.5 Å². The number of hydrogen-bond acceptors (Lipinski definition) is 7. The van der Waals surface area contributed by atoms with Gasteiger partial charge < -0.3 is 20.1 Å². The molecule has 0 bridgehead atoms. The first-order valence-electron chi connectivity index (χ1n) is 10.4. The average Bonchev–Trinajstić information content (AvgIpc) is 3.27. The summed E-state index contributed by atoms with van der Waals surface area (Å²) in [7, 11) is 0. The molecule has 2 unspecified atom stereocenters. The average molecular weight is 537 g/mol. The molecular formula is C22H21F6N3O4S. The van der Waals surface area contributed by atoms with Crippen LogP contribution in [0.25, 0.3) is 11.3 Å². The molecule has 0 aliphatic rings. The van der Waals surface area contributed by atoms with Gasteiger partial charge in [-0.2, -0.15) is 13.2 Å². The van der Waals surface area contributed by atoms with Crippen molar-refractivity contribution in [3.63, 3.8) is 0 Å². The number of halogens is 6. The lowest BCUT2D eigenvalue weighted by molar-refractivity contribution is -0.137. The molecule has 2 aromatic carbocycles. The molecule has 7 nitrogen and oxygen atoms in total. The van der Waals surface area contributed by atoms with Crippen LogP contribution in [-0.4, -0.2) is 60.7 Å². The fourth-order valence-electron chi connectivity index (χ4n) is 3.06. The van der Waals surface area contributed by atoms with E-state index in [-0.39, 0.29) is 22.7 Å². The second-order valence-electron chi connectivity index (χ2n) is 7.76. The highest BCUT2D eigenvalue weighted by atomic mass is 32.2. The van der Waals surface area contributed by atoms with E-state index in [1.54, 1.807) is 0 Å². The molecule has 3 aromatic rings. The Balaban J connectivity index is 1.82. The Bertz CT molecular complexity index is 1150. The number of alkyl halides is 3. The normalized spacial score (nSPS) is 15.5. The first-order chi connectivity index (χ1) is 16.9. The Morgan fingerprint density at radius 2 is 1.75 bits per heavy atom. The van der Waals surface area contributed by atoms with Crippen molar-refractivity contribution < 1.29 is 46.4 Å². The van der Waals surface area contributed by atoms with Gasteiger partial charge in [0.05, 0.1) is 31.0 Å². The van der Waals surface area contributed by atoms with Crippen molar-refractivity contribution in [1.82, 2.24) is 15.0 Å². The third-order valence-electron chi connectivity index (χ3n) is 4.95. The van der Waals surface area contributed by atoms with Gasteiger partial charge in [0, 0.05) is 10.5 Å². The molecule has 3 rings (SSSR count). The van der Waals surface area contributed by atoms with E-state index in [4.69, 9.17) is 4.74 Å². The van der Waals surface area contributed by atoms with E-state index in [0.29, 0.717) is 12.1 Å². The highest BCUT2D eigenvalue weighted by Gasteiger charge is 2.32. The number of aromatic nitrogens is 3. The molecule has 0 saturated carbocycles. The van der Waals surface area contributed by atoms with Crippen molar-refractivity contribution >= 4 is 11.8 Å². The molecule has 36 heavy (non-hydrogen) atoms. The fraction of sp³-hybridized carbons (Fsp3) is 0.364. The van der Waals surface area contributed by atoms with E-state index in [0.717, 1.165) is 28.6 Å². The minimum absolute atomic E-state index is 0.0415. The van der Waals surface area contributed by atoms with Crippen LogP contribution in [0.4, 0.5) is 26.3 Å². The van der Waals surface area contributed by atoms with E-state index in [9.17, 15) is 41.7 Å². The highest BCUT2D eigenvalue weighted by molar-refractivity contribution is 7.99. The molecule has 3 N–H and O–H groups in total. The summed E-state index contributed by atoms with van der Waals surface area (Å²) in [6, 6.07) is 5.71. The van der Waals surface area contributed by atoms with E-state index >= 15 is 0 Å². The van der Waals surface area contributed by atoms with E-state index in [2.05, 4.69) is 10.3 Å². The number of hydrogen-bond donors (Lipinski definition) is 3. The molecule has 0 saturated heterocycles. The number of benzene rings is 2. The van der Waals surface area contributed by atoms with Gasteiger partial charge in [-0.1, -0.05) is 23.0 Å². The Morgan fingerprint density at radius 3 is 2.33 bits per heavy atom. The molecule has 0 fully saturated rings. The number of nitrogens with zero attached hydrogens (tertiary/aromatic N) is 3. The third-order valence-corrected chi connectivity index (χ3v) is 6.13. The van der Waals surface area contributed by atoms with Crippen LogP contribution in [0.15, 0.2) is 47.5 Å². The van der Waals surface area contributed by atoms with Gasteiger partial charge >= 0.3 is 6.18 Å². The van der Waals surface area contributed by atoms with Crippen LogP contribution in [0.3, 0.4) is 0 Å². The number of rotatable bonds is 10. The molecule has 0 aliphatic heterocycles. The van der Waals surface area contributed by atoms with Crippen molar-refractivity contribution in [2.45, 2.75) is 48.3 Å². The minimum atomic E-state index is -4.60. The summed E-state index contributed by atoms with van der Waals surface area (Å²) in [5.74, 6) is -4.51. The van der Waals surface area contributed by atoms with Crippen LogP contribution < -0.4 is 0 Å². The minimum Gasteiger partial charge on any atom is -0.394 e. The van der Waals surface area contributed by atoms with Crippen LogP contribution in [-0.2, 0) is 17.5 Å². The maximum absolute atomic E-state index is 13.5. The number of thioether (sulfide) groups is 1. The summed E-state index contributed by atoms with van der Waals surface area (Å²) in [4.78, 5) is 0.0905. The summed E-state index contributed by atoms with van der Waals surface area (Å²) < 4.78 is 86.2. The quantitative estimate of drug-likeness (QED) is 0.157.